The summed E-state index contributed by atoms with van der Waals surface area (Å²) in [6, 6.07) is 12.3. The highest BCUT2D eigenvalue weighted by atomic mass is 32.2. The van der Waals surface area contributed by atoms with Crippen molar-refractivity contribution in [2.24, 2.45) is 0 Å². The number of nitrogens with zero attached hydrogens (tertiary/aromatic N) is 1. The monoisotopic (exact) mass is 427 g/mol. The first-order valence-electron chi connectivity index (χ1n) is 8.78. The number of carbonyl (C=O) groups is 2. The van der Waals surface area contributed by atoms with Crippen LogP contribution in [0.3, 0.4) is 0 Å². The minimum Gasteiger partial charge on any atom is -0.382 e. The SMILES string of the molecule is Cc1ccc(C(=O)Nc2c(N)nc(SCC(=O)Nc3cccc(F)c3)[nH]c2=O)cc1. The van der Waals surface area contributed by atoms with Crippen LogP contribution in [0.25, 0.3) is 0 Å². The Morgan fingerprint density at radius 1 is 1.17 bits per heavy atom. The standard InChI is InChI=1S/C20H18FN5O3S/c1-11-5-7-12(8-6-11)18(28)24-16-17(22)25-20(26-19(16)29)30-10-15(27)23-14-4-2-3-13(21)9-14/h2-9H,10H2,1H3,(H,23,27)(H,24,28)(H3,22,25,26,29). The van der Waals surface area contributed by atoms with Crippen molar-refractivity contribution in [1.29, 1.82) is 0 Å². The number of carbonyl (C=O) groups excluding carboxylic acids is 2. The Labute approximate surface area is 175 Å². The van der Waals surface area contributed by atoms with E-state index in [0.29, 0.717) is 11.3 Å². The number of anilines is 3. The molecule has 5 N–H and O–H groups in total. The van der Waals surface area contributed by atoms with Crippen molar-refractivity contribution in [2.45, 2.75) is 12.1 Å². The first-order chi connectivity index (χ1) is 14.3. The maximum Gasteiger partial charge on any atom is 0.277 e. The Balaban J connectivity index is 1.64. The molecule has 3 rings (SSSR count). The highest BCUT2D eigenvalue weighted by molar-refractivity contribution is 7.99. The second kappa shape index (κ2) is 9.23. The van der Waals surface area contributed by atoms with Crippen molar-refractivity contribution >= 4 is 40.8 Å². The summed E-state index contributed by atoms with van der Waals surface area (Å²) in [7, 11) is 0. The van der Waals surface area contributed by atoms with Crippen LogP contribution in [0, 0.1) is 12.7 Å². The van der Waals surface area contributed by atoms with Gasteiger partial charge >= 0.3 is 0 Å². The number of nitrogen functional groups attached to an aromatic ring is 1. The molecule has 0 atom stereocenters. The molecule has 0 aliphatic carbocycles. The first kappa shape index (κ1) is 21.1. The summed E-state index contributed by atoms with van der Waals surface area (Å²) < 4.78 is 13.2. The van der Waals surface area contributed by atoms with Crippen molar-refractivity contribution in [1.82, 2.24) is 9.97 Å². The second-order valence-corrected chi connectivity index (χ2v) is 7.26. The molecule has 10 heteroatoms. The van der Waals surface area contributed by atoms with Gasteiger partial charge in [-0.3, -0.25) is 19.4 Å². The molecule has 0 spiro atoms. The zero-order valence-corrected chi connectivity index (χ0v) is 16.7. The summed E-state index contributed by atoms with van der Waals surface area (Å²) in [6.07, 6.45) is 0. The molecule has 0 saturated carbocycles. The Morgan fingerprint density at radius 2 is 1.90 bits per heavy atom. The van der Waals surface area contributed by atoms with E-state index < -0.39 is 23.2 Å². The summed E-state index contributed by atoms with van der Waals surface area (Å²) in [4.78, 5) is 43.1. The van der Waals surface area contributed by atoms with E-state index in [9.17, 15) is 18.8 Å². The number of nitrogens with one attached hydrogen (secondary N) is 3. The fourth-order valence-electron chi connectivity index (χ4n) is 2.45. The topological polar surface area (TPSA) is 130 Å². The lowest BCUT2D eigenvalue weighted by Gasteiger charge is -2.09. The molecule has 0 saturated heterocycles. The molecule has 2 aromatic carbocycles. The Kier molecular flexibility index (Phi) is 6.48. The Morgan fingerprint density at radius 3 is 2.57 bits per heavy atom. The zero-order chi connectivity index (χ0) is 21.7. The molecule has 2 amide bonds. The molecular formula is C20H18FN5O3S. The molecule has 30 heavy (non-hydrogen) atoms. The second-order valence-electron chi connectivity index (χ2n) is 6.30. The van der Waals surface area contributed by atoms with E-state index in [4.69, 9.17) is 5.73 Å². The number of halogens is 1. The van der Waals surface area contributed by atoms with Crippen LogP contribution in [0.15, 0.2) is 58.5 Å². The van der Waals surface area contributed by atoms with E-state index in [1.807, 2.05) is 6.92 Å². The van der Waals surface area contributed by atoms with Crippen molar-refractivity contribution in [2.75, 3.05) is 22.1 Å². The van der Waals surface area contributed by atoms with Gasteiger partial charge in [0.1, 0.15) is 11.5 Å². The number of hydrogen-bond acceptors (Lipinski definition) is 6. The van der Waals surface area contributed by atoms with Crippen molar-refractivity contribution in [3.63, 3.8) is 0 Å². The fourth-order valence-corrected chi connectivity index (χ4v) is 3.11. The lowest BCUT2D eigenvalue weighted by Crippen LogP contribution is -2.23. The summed E-state index contributed by atoms with van der Waals surface area (Å²) >= 11 is 0.941. The number of thioether (sulfide) groups is 1. The molecule has 0 radical (unpaired) electrons. The van der Waals surface area contributed by atoms with Gasteiger partial charge in [0.2, 0.25) is 5.91 Å². The maximum atomic E-state index is 13.2. The van der Waals surface area contributed by atoms with Gasteiger partial charge in [-0.15, -0.1) is 0 Å². The zero-order valence-electron chi connectivity index (χ0n) is 15.9. The summed E-state index contributed by atoms with van der Waals surface area (Å²) in [5.74, 6) is -1.64. The van der Waals surface area contributed by atoms with Crippen LogP contribution in [-0.2, 0) is 4.79 Å². The van der Waals surface area contributed by atoms with Gasteiger partial charge in [0.25, 0.3) is 11.5 Å². The smallest absolute Gasteiger partial charge is 0.277 e. The normalized spacial score (nSPS) is 10.5. The van der Waals surface area contributed by atoms with Crippen molar-refractivity contribution in [3.8, 4) is 0 Å². The average molecular weight is 427 g/mol. The molecule has 1 aromatic heterocycles. The molecule has 1 heterocycles. The van der Waals surface area contributed by atoms with E-state index in [2.05, 4.69) is 20.6 Å². The van der Waals surface area contributed by atoms with Crippen LogP contribution >= 0.6 is 11.8 Å². The number of H-pyrrole nitrogens is 1. The van der Waals surface area contributed by atoms with Crippen LogP contribution < -0.4 is 21.9 Å². The minimum absolute atomic E-state index is 0.0893. The van der Waals surface area contributed by atoms with Crippen LogP contribution in [0.5, 0.6) is 0 Å². The Hall–Kier alpha value is -3.66. The average Bonchev–Trinajstić information content (AvgIpc) is 2.69. The molecule has 0 aliphatic rings. The largest absolute Gasteiger partial charge is 0.382 e. The number of nitrogens with two attached hydrogens (primary N) is 1. The van der Waals surface area contributed by atoms with Crippen LogP contribution in [0.2, 0.25) is 0 Å². The third kappa shape index (κ3) is 5.45. The molecule has 154 valence electrons. The molecule has 3 aromatic rings. The van der Waals surface area contributed by atoms with E-state index >= 15 is 0 Å². The predicted octanol–water partition coefficient (Wildman–Crippen LogP) is 2.78. The van der Waals surface area contributed by atoms with Gasteiger partial charge in [0.05, 0.1) is 5.75 Å². The highest BCUT2D eigenvalue weighted by Crippen LogP contribution is 2.18. The lowest BCUT2D eigenvalue weighted by molar-refractivity contribution is -0.113. The van der Waals surface area contributed by atoms with E-state index in [1.165, 1.54) is 18.2 Å². The van der Waals surface area contributed by atoms with E-state index in [0.717, 1.165) is 17.3 Å². The van der Waals surface area contributed by atoms with Gasteiger partial charge in [-0.2, -0.15) is 0 Å². The molecule has 8 nitrogen and oxygen atoms in total. The number of amides is 2. The van der Waals surface area contributed by atoms with Gasteiger partial charge in [0.15, 0.2) is 11.0 Å². The maximum absolute atomic E-state index is 13.2. The van der Waals surface area contributed by atoms with Gasteiger partial charge < -0.3 is 16.4 Å². The fraction of sp³-hybridized carbons (Fsp3) is 0.100. The first-order valence-corrected chi connectivity index (χ1v) is 9.76. The molecule has 0 unspecified atom stereocenters. The number of benzene rings is 2. The molecule has 0 fully saturated rings. The number of rotatable bonds is 6. The minimum atomic E-state index is -0.643. The molecule has 0 bridgehead atoms. The van der Waals surface area contributed by atoms with Crippen LogP contribution in [0.4, 0.5) is 21.6 Å². The van der Waals surface area contributed by atoms with E-state index in [-0.39, 0.29) is 22.4 Å². The number of aryl methyl sites for hydroxylation is 1. The summed E-state index contributed by atoms with van der Waals surface area (Å²) in [6.45, 7) is 1.89. The Bertz CT molecular complexity index is 1150. The van der Waals surface area contributed by atoms with Gasteiger partial charge in [-0.1, -0.05) is 35.5 Å². The van der Waals surface area contributed by atoms with Crippen molar-refractivity contribution < 1.29 is 14.0 Å². The van der Waals surface area contributed by atoms with Crippen LogP contribution in [-0.4, -0.2) is 27.5 Å². The van der Waals surface area contributed by atoms with E-state index in [1.54, 1.807) is 30.3 Å². The number of aromatic amines is 1. The summed E-state index contributed by atoms with van der Waals surface area (Å²) in [5.41, 5.74) is 6.68. The quantitative estimate of drug-likeness (QED) is 0.354. The van der Waals surface area contributed by atoms with Crippen molar-refractivity contribution in [3.05, 3.63) is 75.8 Å². The molecular weight excluding hydrogens is 409 g/mol. The number of aromatic nitrogens is 2. The number of hydrogen-bond donors (Lipinski definition) is 4. The third-order valence-corrected chi connectivity index (χ3v) is 4.80. The summed E-state index contributed by atoms with van der Waals surface area (Å²) in [5, 5.41) is 5.10. The van der Waals surface area contributed by atoms with Gasteiger partial charge in [-0.25, -0.2) is 9.37 Å². The predicted molar refractivity (Wildman–Crippen MR) is 114 cm³/mol. The third-order valence-electron chi connectivity index (χ3n) is 3.93. The molecule has 0 aliphatic heterocycles. The van der Waals surface area contributed by atoms with Gasteiger partial charge in [-0.05, 0) is 37.3 Å². The van der Waals surface area contributed by atoms with Crippen LogP contribution in [0.1, 0.15) is 15.9 Å². The lowest BCUT2D eigenvalue weighted by atomic mass is 10.1. The highest BCUT2D eigenvalue weighted by Gasteiger charge is 2.15. The van der Waals surface area contributed by atoms with Gasteiger partial charge in [0, 0.05) is 11.3 Å².